The molecule has 0 atom stereocenters. The maximum atomic E-state index is 14.1. The van der Waals surface area contributed by atoms with Gasteiger partial charge in [-0.3, -0.25) is 4.79 Å². The Bertz CT molecular complexity index is 908. The Labute approximate surface area is 145 Å². The molecule has 25 heavy (non-hydrogen) atoms. The van der Waals surface area contributed by atoms with Crippen LogP contribution in [0, 0.1) is 5.82 Å². The average Bonchev–Trinajstić information content (AvgIpc) is 2.65. The molecule has 0 bridgehead atoms. The molecule has 0 aromatic heterocycles. The number of halogens is 1. The largest absolute Gasteiger partial charge is 0.457 e. The van der Waals surface area contributed by atoms with Gasteiger partial charge in [0.2, 0.25) is 5.91 Å². The van der Waals surface area contributed by atoms with Crippen molar-refractivity contribution in [1.29, 1.82) is 0 Å². The fourth-order valence-corrected chi connectivity index (χ4v) is 3.21. The highest BCUT2D eigenvalue weighted by atomic mass is 19.1. The second-order valence-electron chi connectivity index (χ2n) is 5.96. The van der Waals surface area contributed by atoms with Crippen LogP contribution < -0.4 is 9.64 Å². The van der Waals surface area contributed by atoms with Crippen LogP contribution in [-0.4, -0.2) is 13.0 Å². The van der Waals surface area contributed by atoms with Crippen molar-refractivity contribution in [2.45, 2.75) is 5.92 Å². The number of carbonyl (C=O) groups is 1. The van der Waals surface area contributed by atoms with E-state index in [4.69, 9.17) is 4.74 Å². The number of benzene rings is 3. The van der Waals surface area contributed by atoms with E-state index in [2.05, 4.69) is 0 Å². The topological polar surface area (TPSA) is 29.5 Å². The monoisotopic (exact) mass is 333 g/mol. The molecule has 3 aromatic carbocycles. The first kappa shape index (κ1) is 15.4. The van der Waals surface area contributed by atoms with Gasteiger partial charge in [0.1, 0.15) is 17.3 Å². The minimum absolute atomic E-state index is 0.201. The first-order valence-electron chi connectivity index (χ1n) is 8.04. The lowest BCUT2D eigenvalue weighted by molar-refractivity contribution is -0.119. The molecule has 0 radical (unpaired) electrons. The fraction of sp³-hybridized carbons (Fsp3) is 0.0952. The Balaban J connectivity index is 1.82. The van der Waals surface area contributed by atoms with Crippen LogP contribution in [0.25, 0.3) is 0 Å². The minimum Gasteiger partial charge on any atom is -0.457 e. The molecule has 0 N–H and O–H groups in total. The molecule has 4 rings (SSSR count). The maximum absolute atomic E-state index is 14.1. The summed E-state index contributed by atoms with van der Waals surface area (Å²) in [5.41, 5.74) is 1.83. The van der Waals surface area contributed by atoms with Gasteiger partial charge in [-0.25, -0.2) is 4.39 Å². The van der Waals surface area contributed by atoms with E-state index >= 15 is 0 Å². The highest BCUT2D eigenvalue weighted by Gasteiger charge is 2.34. The molecule has 1 heterocycles. The van der Waals surface area contributed by atoms with Gasteiger partial charge in [0, 0.05) is 18.2 Å². The zero-order chi connectivity index (χ0) is 17.4. The van der Waals surface area contributed by atoms with Crippen LogP contribution in [0.3, 0.4) is 0 Å². The predicted octanol–water partition coefficient (Wildman–Crippen LogP) is 4.73. The van der Waals surface area contributed by atoms with Gasteiger partial charge in [-0.15, -0.1) is 0 Å². The fourth-order valence-electron chi connectivity index (χ4n) is 3.21. The van der Waals surface area contributed by atoms with Crippen molar-refractivity contribution in [3.05, 3.63) is 89.7 Å². The summed E-state index contributed by atoms with van der Waals surface area (Å²) >= 11 is 0. The number of hydrogen-bond donors (Lipinski definition) is 0. The molecule has 0 fully saturated rings. The van der Waals surface area contributed by atoms with E-state index in [0.717, 1.165) is 11.1 Å². The summed E-state index contributed by atoms with van der Waals surface area (Å²) in [5.74, 6) is 0.147. The van der Waals surface area contributed by atoms with Crippen molar-refractivity contribution in [3.8, 4) is 11.5 Å². The Kier molecular flexibility index (Phi) is 3.73. The molecule has 0 saturated heterocycles. The van der Waals surface area contributed by atoms with Crippen LogP contribution in [0.1, 0.15) is 17.0 Å². The Hall–Kier alpha value is -3.14. The number of ether oxygens (including phenoxy) is 1. The number of amides is 1. The number of nitrogens with zero attached hydrogens (tertiary/aromatic N) is 1. The molecule has 1 aliphatic heterocycles. The van der Waals surface area contributed by atoms with E-state index in [9.17, 15) is 9.18 Å². The lowest BCUT2D eigenvalue weighted by Crippen LogP contribution is -2.34. The molecule has 4 heteroatoms. The molecule has 0 aliphatic carbocycles. The summed E-state index contributed by atoms with van der Waals surface area (Å²) in [5, 5.41) is 0. The molecule has 1 amide bonds. The van der Waals surface area contributed by atoms with Gasteiger partial charge in [-0.1, -0.05) is 48.5 Å². The number of rotatable bonds is 2. The summed E-state index contributed by atoms with van der Waals surface area (Å²) in [6.45, 7) is 0. The molecule has 3 aromatic rings. The molecule has 0 unspecified atom stereocenters. The van der Waals surface area contributed by atoms with Crippen molar-refractivity contribution in [1.82, 2.24) is 0 Å². The normalized spacial score (nSPS) is 12.7. The Morgan fingerprint density at radius 1 is 0.880 bits per heavy atom. The third kappa shape index (κ3) is 2.56. The van der Waals surface area contributed by atoms with E-state index in [1.807, 2.05) is 48.5 Å². The van der Waals surface area contributed by atoms with Gasteiger partial charge in [0.05, 0.1) is 11.6 Å². The van der Waals surface area contributed by atoms with Crippen LogP contribution in [0.15, 0.2) is 72.8 Å². The molecule has 0 spiro atoms. The van der Waals surface area contributed by atoms with E-state index < -0.39 is 11.7 Å². The van der Waals surface area contributed by atoms with E-state index in [1.165, 1.54) is 11.0 Å². The Morgan fingerprint density at radius 3 is 2.00 bits per heavy atom. The number of anilines is 1. The third-order valence-corrected chi connectivity index (χ3v) is 4.47. The van der Waals surface area contributed by atoms with Gasteiger partial charge in [-0.2, -0.15) is 0 Å². The smallest absolute Gasteiger partial charge is 0.239 e. The van der Waals surface area contributed by atoms with Crippen LogP contribution in [0.5, 0.6) is 11.5 Å². The van der Waals surface area contributed by atoms with Gasteiger partial charge in [0.25, 0.3) is 0 Å². The van der Waals surface area contributed by atoms with Gasteiger partial charge in [0.15, 0.2) is 0 Å². The van der Waals surface area contributed by atoms with Crippen molar-refractivity contribution in [3.63, 3.8) is 0 Å². The Morgan fingerprint density at radius 2 is 1.40 bits per heavy atom. The minimum atomic E-state index is -0.536. The summed E-state index contributed by atoms with van der Waals surface area (Å²) in [7, 11) is 1.60. The van der Waals surface area contributed by atoms with Gasteiger partial charge in [-0.05, 0) is 24.3 Å². The van der Waals surface area contributed by atoms with E-state index in [0.29, 0.717) is 11.5 Å². The maximum Gasteiger partial charge on any atom is 0.239 e. The first-order valence-corrected chi connectivity index (χ1v) is 8.04. The van der Waals surface area contributed by atoms with Crippen molar-refractivity contribution >= 4 is 11.6 Å². The summed E-state index contributed by atoms with van der Waals surface area (Å²) in [6.07, 6.45) is 0. The second-order valence-corrected chi connectivity index (χ2v) is 5.96. The predicted molar refractivity (Wildman–Crippen MR) is 94.6 cm³/mol. The summed E-state index contributed by atoms with van der Waals surface area (Å²) < 4.78 is 20.1. The zero-order valence-electron chi connectivity index (χ0n) is 13.6. The van der Waals surface area contributed by atoms with Crippen LogP contribution >= 0.6 is 0 Å². The van der Waals surface area contributed by atoms with E-state index in [1.54, 1.807) is 25.2 Å². The number of likely N-dealkylation sites (N-methyl/N-ethyl adjacent to an activating group) is 1. The molecular weight excluding hydrogens is 317 g/mol. The standard InChI is InChI=1S/C21H16FNO2/c1-23(17-11-5-4-10-16(17)22)21(24)20-14-8-2-6-12-18(14)25-19-13-7-3-9-15(19)20/h2-13,20H,1H3. The van der Waals surface area contributed by atoms with Gasteiger partial charge >= 0.3 is 0 Å². The van der Waals surface area contributed by atoms with Crippen molar-refractivity contribution in [2.75, 3.05) is 11.9 Å². The molecule has 0 saturated carbocycles. The first-order chi connectivity index (χ1) is 12.2. The lowest BCUT2D eigenvalue weighted by atomic mass is 9.87. The quantitative estimate of drug-likeness (QED) is 0.679. The highest BCUT2D eigenvalue weighted by molar-refractivity contribution is 6.01. The molecular formula is C21H16FNO2. The average molecular weight is 333 g/mol. The van der Waals surface area contributed by atoms with Crippen LogP contribution in [0.4, 0.5) is 10.1 Å². The van der Waals surface area contributed by atoms with Gasteiger partial charge < -0.3 is 9.64 Å². The lowest BCUT2D eigenvalue weighted by Gasteiger charge is -2.30. The molecule has 1 aliphatic rings. The number of carbonyl (C=O) groups excluding carboxylic acids is 1. The van der Waals surface area contributed by atoms with Crippen LogP contribution in [-0.2, 0) is 4.79 Å². The summed E-state index contributed by atoms with van der Waals surface area (Å²) in [4.78, 5) is 14.7. The third-order valence-electron chi connectivity index (χ3n) is 4.47. The molecule has 3 nitrogen and oxygen atoms in total. The zero-order valence-corrected chi connectivity index (χ0v) is 13.6. The van der Waals surface area contributed by atoms with Crippen LogP contribution in [0.2, 0.25) is 0 Å². The number of fused-ring (bicyclic) bond motifs is 2. The molecule has 124 valence electrons. The second kappa shape index (κ2) is 6.06. The van der Waals surface area contributed by atoms with E-state index in [-0.39, 0.29) is 11.6 Å². The highest BCUT2D eigenvalue weighted by Crippen LogP contribution is 2.44. The van der Waals surface area contributed by atoms with Crippen molar-refractivity contribution in [2.24, 2.45) is 0 Å². The number of para-hydroxylation sites is 3. The SMILES string of the molecule is CN(C(=O)C1c2ccccc2Oc2ccccc21)c1ccccc1F. The number of hydrogen-bond acceptors (Lipinski definition) is 2. The van der Waals surface area contributed by atoms with Crippen molar-refractivity contribution < 1.29 is 13.9 Å². The summed E-state index contributed by atoms with van der Waals surface area (Å²) in [6, 6.07) is 21.2.